The molecule has 3 heteroatoms. The molecule has 0 spiro atoms. The van der Waals surface area contributed by atoms with Gasteiger partial charge in [-0.05, 0) is 60.7 Å². The Labute approximate surface area is 114 Å². The first-order valence-electron chi connectivity index (χ1n) is 7.31. The highest BCUT2D eigenvalue weighted by Crippen LogP contribution is 2.05. The van der Waals surface area contributed by atoms with Gasteiger partial charge < -0.3 is 15.0 Å². The molecule has 0 aromatic carbocycles. The molecule has 0 aromatic heterocycles. The van der Waals surface area contributed by atoms with Crippen molar-refractivity contribution in [2.75, 3.05) is 33.9 Å². The molecule has 0 aliphatic carbocycles. The molecule has 0 aromatic rings. The van der Waals surface area contributed by atoms with Crippen LogP contribution in [0.2, 0.25) is 0 Å². The Morgan fingerprint density at radius 3 is 2.28 bits per heavy atom. The molecule has 110 valence electrons. The number of ether oxygens (including phenoxy) is 1. The molecule has 0 saturated carbocycles. The van der Waals surface area contributed by atoms with Crippen LogP contribution in [-0.2, 0) is 4.74 Å². The van der Waals surface area contributed by atoms with E-state index in [2.05, 4.69) is 45.0 Å². The molecule has 1 unspecified atom stereocenters. The van der Waals surface area contributed by atoms with Crippen LogP contribution in [0.4, 0.5) is 0 Å². The number of methoxy groups -OCH3 is 1. The maximum atomic E-state index is 5.17. The minimum absolute atomic E-state index is 0.260. The summed E-state index contributed by atoms with van der Waals surface area (Å²) < 4.78 is 5.17. The average Bonchev–Trinajstić information content (AvgIpc) is 2.26. The zero-order valence-corrected chi connectivity index (χ0v) is 13.4. The Bertz CT molecular complexity index is 189. The molecule has 3 nitrogen and oxygen atoms in total. The SMILES string of the molecule is COCC(C)N(C)CCCCCCNC(C)(C)C. The van der Waals surface area contributed by atoms with Gasteiger partial charge in [-0.2, -0.15) is 0 Å². The minimum atomic E-state index is 0.260. The summed E-state index contributed by atoms with van der Waals surface area (Å²) in [6.07, 6.45) is 5.24. The third-order valence-electron chi connectivity index (χ3n) is 3.25. The van der Waals surface area contributed by atoms with Gasteiger partial charge in [0.1, 0.15) is 0 Å². The van der Waals surface area contributed by atoms with E-state index >= 15 is 0 Å². The van der Waals surface area contributed by atoms with Crippen molar-refractivity contribution < 1.29 is 4.74 Å². The van der Waals surface area contributed by atoms with Crippen molar-refractivity contribution in [3.8, 4) is 0 Å². The summed E-state index contributed by atoms with van der Waals surface area (Å²) in [5, 5.41) is 3.53. The van der Waals surface area contributed by atoms with E-state index in [0.717, 1.165) is 13.2 Å². The van der Waals surface area contributed by atoms with Crippen LogP contribution in [0.5, 0.6) is 0 Å². The maximum absolute atomic E-state index is 5.17. The first-order chi connectivity index (χ1) is 8.37. The third-order valence-corrected chi connectivity index (χ3v) is 3.25. The van der Waals surface area contributed by atoms with Gasteiger partial charge in [-0.3, -0.25) is 0 Å². The van der Waals surface area contributed by atoms with Crippen LogP contribution < -0.4 is 5.32 Å². The van der Waals surface area contributed by atoms with Gasteiger partial charge in [0.2, 0.25) is 0 Å². The second-order valence-corrected chi connectivity index (χ2v) is 6.38. The smallest absolute Gasteiger partial charge is 0.0615 e. The monoisotopic (exact) mass is 258 g/mol. The predicted octanol–water partition coefficient (Wildman–Crippen LogP) is 2.90. The zero-order valence-electron chi connectivity index (χ0n) is 13.4. The number of hydrogen-bond donors (Lipinski definition) is 1. The van der Waals surface area contributed by atoms with Crippen LogP contribution in [0.25, 0.3) is 0 Å². The van der Waals surface area contributed by atoms with Crippen LogP contribution in [0, 0.1) is 0 Å². The number of rotatable bonds is 10. The molecule has 0 heterocycles. The normalized spacial score (nSPS) is 14.2. The van der Waals surface area contributed by atoms with E-state index in [1.54, 1.807) is 7.11 Å². The largest absolute Gasteiger partial charge is 0.383 e. The predicted molar refractivity (Wildman–Crippen MR) is 80.2 cm³/mol. The summed E-state index contributed by atoms with van der Waals surface area (Å²) in [6.45, 7) is 12.0. The molecular formula is C15H34N2O. The summed E-state index contributed by atoms with van der Waals surface area (Å²) >= 11 is 0. The molecule has 0 bridgehead atoms. The summed E-state index contributed by atoms with van der Waals surface area (Å²) in [5.74, 6) is 0. The van der Waals surface area contributed by atoms with Crippen molar-refractivity contribution in [3.63, 3.8) is 0 Å². The highest BCUT2D eigenvalue weighted by molar-refractivity contribution is 4.69. The van der Waals surface area contributed by atoms with Gasteiger partial charge in [-0.1, -0.05) is 12.8 Å². The molecule has 0 aliphatic heterocycles. The van der Waals surface area contributed by atoms with E-state index in [9.17, 15) is 0 Å². The zero-order chi connectivity index (χ0) is 14.0. The van der Waals surface area contributed by atoms with Crippen LogP contribution in [0.15, 0.2) is 0 Å². The number of unbranched alkanes of at least 4 members (excludes halogenated alkanes) is 3. The Kier molecular flexibility index (Phi) is 9.70. The number of nitrogens with zero attached hydrogens (tertiary/aromatic N) is 1. The summed E-state index contributed by atoms with van der Waals surface area (Å²) in [6, 6.07) is 0.526. The molecule has 0 rings (SSSR count). The second-order valence-electron chi connectivity index (χ2n) is 6.38. The summed E-state index contributed by atoms with van der Waals surface area (Å²) in [7, 11) is 3.96. The fourth-order valence-electron chi connectivity index (χ4n) is 1.89. The Morgan fingerprint density at radius 1 is 1.11 bits per heavy atom. The molecular weight excluding hydrogens is 224 g/mol. The lowest BCUT2D eigenvalue weighted by atomic mass is 10.1. The van der Waals surface area contributed by atoms with Crippen molar-refractivity contribution in [3.05, 3.63) is 0 Å². The third kappa shape index (κ3) is 11.0. The Hall–Kier alpha value is -0.120. The maximum Gasteiger partial charge on any atom is 0.0615 e. The quantitative estimate of drug-likeness (QED) is 0.610. The second kappa shape index (κ2) is 9.76. The van der Waals surface area contributed by atoms with Gasteiger partial charge in [-0.25, -0.2) is 0 Å². The van der Waals surface area contributed by atoms with E-state index < -0.39 is 0 Å². The average molecular weight is 258 g/mol. The standard InChI is InChI=1S/C15H34N2O/c1-14(13-18-6)17(5)12-10-8-7-9-11-16-15(2,3)4/h14,16H,7-13H2,1-6H3. The van der Waals surface area contributed by atoms with Gasteiger partial charge >= 0.3 is 0 Å². The van der Waals surface area contributed by atoms with Crippen molar-refractivity contribution in [1.82, 2.24) is 10.2 Å². The van der Waals surface area contributed by atoms with Crippen molar-refractivity contribution in [1.29, 1.82) is 0 Å². The van der Waals surface area contributed by atoms with E-state index in [0.29, 0.717) is 6.04 Å². The van der Waals surface area contributed by atoms with Crippen molar-refractivity contribution >= 4 is 0 Å². The summed E-state index contributed by atoms with van der Waals surface area (Å²) in [4.78, 5) is 2.39. The van der Waals surface area contributed by atoms with Crippen molar-refractivity contribution in [2.45, 2.75) is 65.0 Å². The van der Waals surface area contributed by atoms with Crippen LogP contribution in [0.1, 0.15) is 53.4 Å². The molecule has 0 amide bonds. The fraction of sp³-hybridized carbons (Fsp3) is 1.00. The van der Waals surface area contributed by atoms with E-state index in [-0.39, 0.29) is 5.54 Å². The van der Waals surface area contributed by atoms with Gasteiger partial charge in [0, 0.05) is 18.7 Å². The molecule has 18 heavy (non-hydrogen) atoms. The van der Waals surface area contributed by atoms with E-state index in [1.807, 2.05) is 0 Å². The molecule has 0 aliphatic rings. The molecule has 1 atom stereocenters. The lowest BCUT2D eigenvalue weighted by Crippen LogP contribution is -2.36. The molecule has 0 fully saturated rings. The lowest BCUT2D eigenvalue weighted by molar-refractivity contribution is 0.114. The van der Waals surface area contributed by atoms with Crippen molar-refractivity contribution in [2.24, 2.45) is 0 Å². The van der Waals surface area contributed by atoms with Crippen LogP contribution in [0.3, 0.4) is 0 Å². The Morgan fingerprint density at radius 2 is 1.72 bits per heavy atom. The van der Waals surface area contributed by atoms with Gasteiger partial charge in [0.05, 0.1) is 6.61 Å². The highest BCUT2D eigenvalue weighted by atomic mass is 16.5. The van der Waals surface area contributed by atoms with Crippen LogP contribution >= 0.6 is 0 Å². The van der Waals surface area contributed by atoms with Crippen LogP contribution in [-0.4, -0.2) is 50.3 Å². The fourth-order valence-corrected chi connectivity index (χ4v) is 1.89. The number of likely N-dealkylation sites (N-methyl/N-ethyl adjacent to an activating group) is 1. The molecule has 0 saturated heterocycles. The lowest BCUT2D eigenvalue weighted by Gasteiger charge is -2.24. The Balaban J connectivity index is 3.35. The summed E-state index contributed by atoms with van der Waals surface area (Å²) in [5.41, 5.74) is 0.260. The number of nitrogens with one attached hydrogen (secondary N) is 1. The van der Waals surface area contributed by atoms with Gasteiger partial charge in [0.25, 0.3) is 0 Å². The topological polar surface area (TPSA) is 24.5 Å². The molecule has 0 radical (unpaired) electrons. The molecule has 1 N–H and O–H groups in total. The van der Waals surface area contributed by atoms with Gasteiger partial charge in [0.15, 0.2) is 0 Å². The highest BCUT2D eigenvalue weighted by Gasteiger charge is 2.08. The first kappa shape index (κ1) is 17.9. The van der Waals surface area contributed by atoms with E-state index in [1.165, 1.54) is 32.2 Å². The first-order valence-corrected chi connectivity index (χ1v) is 7.31. The number of hydrogen-bond acceptors (Lipinski definition) is 3. The van der Waals surface area contributed by atoms with Gasteiger partial charge in [-0.15, -0.1) is 0 Å². The van der Waals surface area contributed by atoms with E-state index in [4.69, 9.17) is 4.74 Å². The minimum Gasteiger partial charge on any atom is -0.383 e.